The first-order chi connectivity index (χ1) is 17.2. The number of nitro groups is 1. The Morgan fingerprint density at radius 2 is 1.89 bits per heavy atom. The van der Waals surface area contributed by atoms with Crippen LogP contribution in [0.15, 0.2) is 69.8 Å². The van der Waals surface area contributed by atoms with Gasteiger partial charge in [0.05, 0.1) is 26.6 Å². The number of rotatable bonds is 8. The first kappa shape index (κ1) is 25.4. The molecule has 0 saturated carbocycles. The molecule has 0 saturated heterocycles. The summed E-state index contributed by atoms with van der Waals surface area (Å²) in [6.45, 7) is 4.66. The van der Waals surface area contributed by atoms with Gasteiger partial charge < -0.3 is 14.2 Å². The van der Waals surface area contributed by atoms with Crippen molar-refractivity contribution in [1.82, 2.24) is 0 Å². The van der Waals surface area contributed by atoms with E-state index in [1.54, 1.807) is 18.2 Å². The Bertz CT molecular complexity index is 1400. The molecule has 1 aliphatic rings. The SMILES string of the molecule is CCOc1cc(/C=C2\N=C(c3ccc([N+](=O)[O-])cc3Cl)OC2=O)cc(Br)c1OCc1ccc(C)cc1. The molecule has 0 amide bonds. The molecule has 0 radical (unpaired) electrons. The fraction of sp³-hybridized carbons (Fsp3) is 0.154. The maximum Gasteiger partial charge on any atom is 0.363 e. The maximum absolute atomic E-state index is 12.5. The smallest absolute Gasteiger partial charge is 0.363 e. The van der Waals surface area contributed by atoms with Gasteiger partial charge in [-0.25, -0.2) is 9.79 Å². The van der Waals surface area contributed by atoms with E-state index in [4.69, 9.17) is 25.8 Å². The van der Waals surface area contributed by atoms with Crippen LogP contribution in [0.3, 0.4) is 0 Å². The summed E-state index contributed by atoms with van der Waals surface area (Å²) in [6, 6.07) is 15.4. The third-order valence-corrected chi connectivity index (χ3v) is 6.06. The van der Waals surface area contributed by atoms with Crippen LogP contribution in [0.5, 0.6) is 11.5 Å². The number of cyclic esters (lactones) is 1. The summed E-state index contributed by atoms with van der Waals surface area (Å²) in [6.07, 6.45) is 1.55. The Hall–Kier alpha value is -3.69. The standard InChI is InChI=1S/C26H20BrClN2O6/c1-3-34-23-12-17(10-20(27)24(23)35-14-16-6-4-15(2)5-7-16)11-22-26(31)36-25(29-22)19-9-8-18(30(32)33)13-21(19)28/h4-13H,3,14H2,1-2H3/b22-11-. The highest BCUT2D eigenvalue weighted by atomic mass is 79.9. The molecule has 0 aromatic heterocycles. The van der Waals surface area contributed by atoms with Gasteiger partial charge in [-0.05, 0) is 65.2 Å². The number of ether oxygens (including phenoxy) is 3. The summed E-state index contributed by atoms with van der Waals surface area (Å²) in [4.78, 5) is 27.1. The van der Waals surface area contributed by atoms with E-state index < -0.39 is 10.9 Å². The number of nitro benzene ring substituents is 1. The lowest BCUT2D eigenvalue weighted by Crippen LogP contribution is -2.06. The predicted molar refractivity (Wildman–Crippen MR) is 140 cm³/mol. The second-order valence-corrected chi connectivity index (χ2v) is 9.06. The third kappa shape index (κ3) is 5.75. The minimum absolute atomic E-state index is 0.0340. The van der Waals surface area contributed by atoms with Crippen LogP contribution in [0.2, 0.25) is 5.02 Å². The second kappa shape index (κ2) is 10.9. The summed E-state index contributed by atoms with van der Waals surface area (Å²) >= 11 is 9.69. The zero-order valence-corrected chi connectivity index (χ0v) is 21.6. The number of non-ortho nitro benzene ring substituents is 1. The van der Waals surface area contributed by atoms with Gasteiger partial charge in [0.1, 0.15) is 6.61 Å². The average molecular weight is 572 g/mol. The van der Waals surface area contributed by atoms with E-state index in [9.17, 15) is 14.9 Å². The average Bonchev–Trinajstić information content (AvgIpc) is 3.19. The van der Waals surface area contributed by atoms with Gasteiger partial charge >= 0.3 is 5.97 Å². The lowest BCUT2D eigenvalue weighted by atomic mass is 10.1. The van der Waals surface area contributed by atoms with Crippen molar-refractivity contribution in [1.29, 1.82) is 0 Å². The minimum atomic E-state index is -0.673. The molecule has 3 aromatic rings. The molecule has 0 bridgehead atoms. The highest BCUT2D eigenvalue weighted by Crippen LogP contribution is 2.38. The molecule has 0 N–H and O–H groups in total. The molecule has 0 fully saturated rings. The Labute approximate surface area is 220 Å². The molecule has 1 heterocycles. The van der Waals surface area contributed by atoms with Crippen LogP contribution in [-0.2, 0) is 16.1 Å². The lowest BCUT2D eigenvalue weighted by Gasteiger charge is -2.15. The van der Waals surface area contributed by atoms with E-state index in [1.807, 2.05) is 38.1 Å². The molecule has 0 aliphatic carbocycles. The van der Waals surface area contributed by atoms with Gasteiger partial charge in [0.2, 0.25) is 5.90 Å². The highest BCUT2D eigenvalue weighted by molar-refractivity contribution is 9.10. The normalized spacial score (nSPS) is 13.9. The number of carbonyl (C=O) groups is 1. The van der Waals surface area contributed by atoms with Crippen LogP contribution in [0.1, 0.15) is 29.2 Å². The molecule has 10 heteroatoms. The minimum Gasteiger partial charge on any atom is -0.490 e. The van der Waals surface area contributed by atoms with E-state index in [0.717, 1.165) is 5.56 Å². The van der Waals surface area contributed by atoms with Crippen LogP contribution in [-0.4, -0.2) is 23.4 Å². The Balaban J connectivity index is 1.61. The molecular formula is C26H20BrClN2O6. The van der Waals surface area contributed by atoms with Crippen molar-refractivity contribution >= 4 is 51.2 Å². The van der Waals surface area contributed by atoms with Crippen LogP contribution < -0.4 is 9.47 Å². The van der Waals surface area contributed by atoms with E-state index >= 15 is 0 Å². The highest BCUT2D eigenvalue weighted by Gasteiger charge is 2.27. The summed E-state index contributed by atoms with van der Waals surface area (Å²) in [5.74, 6) is 0.330. The molecule has 0 spiro atoms. The number of esters is 1. The van der Waals surface area contributed by atoms with Gasteiger partial charge in [0.15, 0.2) is 17.2 Å². The summed E-state index contributed by atoms with van der Waals surface area (Å²) in [7, 11) is 0. The molecule has 184 valence electrons. The molecule has 0 unspecified atom stereocenters. The van der Waals surface area contributed by atoms with Crippen LogP contribution in [0, 0.1) is 17.0 Å². The lowest BCUT2D eigenvalue weighted by molar-refractivity contribution is -0.384. The van der Waals surface area contributed by atoms with Crippen LogP contribution in [0.4, 0.5) is 5.69 Å². The first-order valence-electron chi connectivity index (χ1n) is 10.9. The molecule has 1 aliphatic heterocycles. The Morgan fingerprint density at radius 3 is 2.56 bits per heavy atom. The zero-order chi connectivity index (χ0) is 25.8. The van der Waals surface area contributed by atoms with Crippen molar-refractivity contribution in [3.63, 3.8) is 0 Å². The third-order valence-electron chi connectivity index (χ3n) is 5.15. The maximum atomic E-state index is 12.5. The Morgan fingerprint density at radius 1 is 1.14 bits per heavy atom. The van der Waals surface area contributed by atoms with E-state index in [1.165, 1.54) is 23.8 Å². The summed E-state index contributed by atoms with van der Waals surface area (Å²) < 4.78 is 17.7. The number of aliphatic imine (C=N–C) groups is 1. The number of hydrogen-bond acceptors (Lipinski definition) is 7. The van der Waals surface area contributed by atoms with Gasteiger partial charge in [-0.2, -0.15) is 0 Å². The number of hydrogen-bond donors (Lipinski definition) is 0. The van der Waals surface area contributed by atoms with Gasteiger partial charge in [-0.3, -0.25) is 10.1 Å². The fourth-order valence-corrected chi connectivity index (χ4v) is 4.22. The fourth-order valence-electron chi connectivity index (χ4n) is 3.39. The monoisotopic (exact) mass is 570 g/mol. The quantitative estimate of drug-likeness (QED) is 0.130. The van der Waals surface area contributed by atoms with E-state index in [-0.39, 0.29) is 27.9 Å². The number of halogens is 2. The van der Waals surface area contributed by atoms with Crippen molar-refractivity contribution < 1.29 is 23.9 Å². The van der Waals surface area contributed by atoms with Crippen molar-refractivity contribution in [2.75, 3.05) is 6.61 Å². The molecule has 4 rings (SSSR count). The van der Waals surface area contributed by atoms with E-state index in [2.05, 4.69) is 20.9 Å². The van der Waals surface area contributed by atoms with Crippen molar-refractivity contribution in [2.45, 2.75) is 20.5 Å². The van der Waals surface area contributed by atoms with E-state index in [0.29, 0.717) is 34.7 Å². The second-order valence-electron chi connectivity index (χ2n) is 7.79. The summed E-state index contributed by atoms with van der Waals surface area (Å²) in [5, 5.41) is 11.0. The number of benzene rings is 3. The van der Waals surface area contributed by atoms with Gasteiger partial charge in [-0.15, -0.1) is 0 Å². The van der Waals surface area contributed by atoms with Crippen molar-refractivity contribution in [3.05, 3.63) is 102 Å². The van der Waals surface area contributed by atoms with Crippen LogP contribution >= 0.6 is 27.5 Å². The topological polar surface area (TPSA) is 100 Å². The number of carbonyl (C=O) groups excluding carboxylic acids is 1. The molecular weight excluding hydrogens is 552 g/mol. The van der Waals surface area contributed by atoms with Gasteiger partial charge in [0.25, 0.3) is 5.69 Å². The van der Waals surface area contributed by atoms with Crippen molar-refractivity contribution in [3.8, 4) is 11.5 Å². The number of nitrogens with zero attached hydrogens (tertiary/aromatic N) is 2. The summed E-state index contributed by atoms with van der Waals surface area (Å²) in [5.41, 5.74) is 2.94. The van der Waals surface area contributed by atoms with Gasteiger partial charge in [0, 0.05) is 12.1 Å². The molecule has 3 aromatic carbocycles. The Kier molecular flexibility index (Phi) is 7.71. The molecule has 36 heavy (non-hydrogen) atoms. The number of aryl methyl sites for hydroxylation is 1. The van der Waals surface area contributed by atoms with Crippen LogP contribution in [0.25, 0.3) is 6.08 Å². The van der Waals surface area contributed by atoms with Crippen molar-refractivity contribution in [2.24, 2.45) is 4.99 Å². The molecule has 8 nitrogen and oxygen atoms in total. The largest absolute Gasteiger partial charge is 0.490 e. The zero-order valence-electron chi connectivity index (χ0n) is 19.3. The predicted octanol–water partition coefficient (Wildman–Crippen LogP) is 6.64. The van der Waals surface area contributed by atoms with Gasteiger partial charge in [-0.1, -0.05) is 41.4 Å². The molecule has 0 atom stereocenters. The first-order valence-corrected chi connectivity index (χ1v) is 12.0.